The van der Waals surface area contributed by atoms with Gasteiger partial charge in [0.15, 0.2) is 0 Å². The van der Waals surface area contributed by atoms with E-state index in [0.717, 1.165) is 32.4 Å². The number of nitrogens with zero attached hydrogens (tertiary/aromatic N) is 3. The van der Waals surface area contributed by atoms with Crippen molar-refractivity contribution in [1.29, 1.82) is 0 Å². The Balaban J connectivity index is 1.79. The number of urea groups is 1. The number of pyridine rings is 1. The van der Waals surface area contributed by atoms with Gasteiger partial charge in [-0.05, 0) is 51.1 Å². The second-order valence-electron chi connectivity index (χ2n) is 6.22. The first-order valence-corrected chi connectivity index (χ1v) is 8.33. The van der Waals surface area contributed by atoms with Crippen LogP contribution in [0.1, 0.15) is 18.4 Å². The fourth-order valence-electron chi connectivity index (χ4n) is 2.61. The van der Waals surface area contributed by atoms with E-state index in [-0.39, 0.29) is 12.1 Å². The molecule has 6 nitrogen and oxygen atoms in total. The van der Waals surface area contributed by atoms with Gasteiger partial charge >= 0.3 is 6.03 Å². The number of ether oxygens (including phenoxy) is 1. The number of likely N-dealkylation sites (N-methyl/N-ethyl adjacent to an activating group) is 1. The van der Waals surface area contributed by atoms with Crippen molar-refractivity contribution in [2.24, 2.45) is 0 Å². The van der Waals surface area contributed by atoms with Gasteiger partial charge in [-0.15, -0.1) is 0 Å². The molecule has 128 valence electrons. The maximum absolute atomic E-state index is 12.5. The lowest BCUT2D eigenvalue weighted by molar-refractivity contribution is 0.0796. The molecule has 1 unspecified atom stereocenters. The van der Waals surface area contributed by atoms with Crippen molar-refractivity contribution in [2.75, 3.05) is 46.9 Å². The first kappa shape index (κ1) is 17.7. The molecule has 1 fully saturated rings. The molecule has 1 atom stereocenters. The molecule has 1 aromatic heterocycles. The molecule has 0 spiro atoms. The minimum Gasteiger partial charge on any atom is -0.376 e. The summed E-state index contributed by atoms with van der Waals surface area (Å²) >= 11 is 0. The van der Waals surface area contributed by atoms with Gasteiger partial charge in [-0.3, -0.25) is 4.98 Å². The molecule has 1 N–H and O–H groups in total. The van der Waals surface area contributed by atoms with Gasteiger partial charge in [-0.1, -0.05) is 0 Å². The molecule has 1 saturated heterocycles. The zero-order chi connectivity index (χ0) is 16.5. The SMILES string of the molecule is CN(C)CCN(CC1CCCO1)C(=O)NCCc1ccncc1. The normalized spacial score (nSPS) is 17.4. The van der Waals surface area contributed by atoms with E-state index in [1.54, 1.807) is 12.4 Å². The van der Waals surface area contributed by atoms with Gasteiger partial charge in [-0.25, -0.2) is 4.79 Å². The highest BCUT2D eigenvalue weighted by atomic mass is 16.5. The van der Waals surface area contributed by atoms with Crippen LogP contribution in [-0.4, -0.2) is 73.8 Å². The van der Waals surface area contributed by atoms with Gasteiger partial charge in [0.1, 0.15) is 0 Å². The molecule has 1 aliphatic heterocycles. The van der Waals surface area contributed by atoms with Crippen LogP contribution in [0.3, 0.4) is 0 Å². The van der Waals surface area contributed by atoms with Crippen LogP contribution in [0.15, 0.2) is 24.5 Å². The summed E-state index contributed by atoms with van der Waals surface area (Å²) in [5.41, 5.74) is 1.18. The van der Waals surface area contributed by atoms with Gasteiger partial charge in [-0.2, -0.15) is 0 Å². The minimum absolute atomic E-state index is 0.00333. The first-order chi connectivity index (χ1) is 11.1. The maximum atomic E-state index is 12.5. The molecule has 2 rings (SSSR count). The topological polar surface area (TPSA) is 57.7 Å². The van der Waals surface area contributed by atoms with E-state index in [1.165, 1.54) is 5.56 Å². The summed E-state index contributed by atoms with van der Waals surface area (Å²) in [6, 6.07) is 3.95. The number of aromatic nitrogens is 1. The Bertz CT molecular complexity index is 461. The van der Waals surface area contributed by atoms with E-state index < -0.39 is 0 Å². The molecule has 0 saturated carbocycles. The molecule has 2 amide bonds. The number of rotatable bonds is 8. The summed E-state index contributed by atoms with van der Waals surface area (Å²) in [5.74, 6) is 0. The second kappa shape index (κ2) is 9.47. The molecule has 0 radical (unpaired) electrons. The molecule has 0 aromatic carbocycles. The van der Waals surface area contributed by atoms with Crippen LogP contribution >= 0.6 is 0 Å². The molecule has 23 heavy (non-hydrogen) atoms. The van der Waals surface area contributed by atoms with E-state index in [0.29, 0.717) is 19.6 Å². The molecule has 1 aromatic rings. The monoisotopic (exact) mass is 320 g/mol. The third-order valence-corrected chi connectivity index (χ3v) is 3.99. The largest absolute Gasteiger partial charge is 0.376 e. The number of hydrogen-bond donors (Lipinski definition) is 1. The van der Waals surface area contributed by atoms with E-state index in [1.807, 2.05) is 31.1 Å². The van der Waals surface area contributed by atoms with Crippen LogP contribution in [0.4, 0.5) is 4.79 Å². The molecule has 6 heteroatoms. The summed E-state index contributed by atoms with van der Waals surface area (Å²) in [7, 11) is 4.04. The fourth-order valence-corrected chi connectivity index (χ4v) is 2.61. The Hall–Kier alpha value is -1.66. The second-order valence-corrected chi connectivity index (χ2v) is 6.22. The van der Waals surface area contributed by atoms with E-state index in [2.05, 4.69) is 15.2 Å². The highest BCUT2D eigenvalue weighted by molar-refractivity contribution is 5.74. The first-order valence-electron chi connectivity index (χ1n) is 8.33. The lowest BCUT2D eigenvalue weighted by Gasteiger charge is -2.27. The Morgan fingerprint density at radius 1 is 1.35 bits per heavy atom. The Morgan fingerprint density at radius 3 is 2.78 bits per heavy atom. The number of carbonyl (C=O) groups is 1. The molecule has 0 aliphatic carbocycles. The highest BCUT2D eigenvalue weighted by Gasteiger charge is 2.22. The van der Waals surface area contributed by atoms with Crippen LogP contribution in [-0.2, 0) is 11.2 Å². The van der Waals surface area contributed by atoms with Gasteiger partial charge in [0, 0.05) is 45.2 Å². The lowest BCUT2D eigenvalue weighted by atomic mass is 10.2. The smallest absolute Gasteiger partial charge is 0.317 e. The van der Waals surface area contributed by atoms with Crippen LogP contribution < -0.4 is 5.32 Å². The summed E-state index contributed by atoms with van der Waals surface area (Å²) < 4.78 is 5.67. The number of hydrogen-bond acceptors (Lipinski definition) is 4. The fraction of sp³-hybridized carbons (Fsp3) is 0.647. The van der Waals surface area contributed by atoms with Crippen LogP contribution in [0.5, 0.6) is 0 Å². The van der Waals surface area contributed by atoms with E-state index in [4.69, 9.17) is 4.74 Å². The summed E-state index contributed by atoms with van der Waals surface area (Å²) in [4.78, 5) is 20.4. The van der Waals surface area contributed by atoms with E-state index in [9.17, 15) is 4.79 Å². The van der Waals surface area contributed by atoms with Crippen molar-refractivity contribution < 1.29 is 9.53 Å². The Kier molecular flexibility index (Phi) is 7.29. The average molecular weight is 320 g/mol. The molecule has 2 heterocycles. The quantitative estimate of drug-likeness (QED) is 0.786. The minimum atomic E-state index is -0.00333. The lowest BCUT2D eigenvalue weighted by Crippen LogP contribution is -2.46. The molecule has 0 bridgehead atoms. The van der Waals surface area contributed by atoms with Crippen molar-refractivity contribution in [1.82, 2.24) is 20.1 Å². The van der Waals surface area contributed by atoms with Crippen molar-refractivity contribution in [3.63, 3.8) is 0 Å². The molecule has 1 aliphatic rings. The van der Waals surface area contributed by atoms with Crippen molar-refractivity contribution in [3.8, 4) is 0 Å². The molecular weight excluding hydrogens is 292 g/mol. The summed E-state index contributed by atoms with van der Waals surface area (Å²) in [6.07, 6.45) is 6.69. The third kappa shape index (κ3) is 6.54. The van der Waals surface area contributed by atoms with Gasteiger partial charge in [0.25, 0.3) is 0 Å². The van der Waals surface area contributed by atoms with Crippen LogP contribution in [0, 0.1) is 0 Å². The predicted molar refractivity (Wildman–Crippen MR) is 90.4 cm³/mol. The highest BCUT2D eigenvalue weighted by Crippen LogP contribution is 2.13. The zero-order valence-electron chi connectivity index (χ0n) is 14.2. The predicted octanol–water partition coefficient (Wildman–Crippen LogP) is 1.38. The number of nitrogens with one attached hydrogen (secondary N) is 1. The third-order valence-electron chi connectivity index (χ3n) is 3.99. The maximum Gasteiger partial charge on any atom is 0.317 e. The summed E-state index contributed by atoms with van der Waals surface area (Å²) in [5, 5.41) is 3.02. The van der Waals surface area contributed by atoms with Crippen LogP contribution in [0.2, 0.25) is 0 Å². The Labute approximate surface area is 138 Å². The number of amides is 2. The number of carbonyl (C=O) groups excluding carboxylic acids is 1. The Morgan fingerprint density at radius 2 is 2.13 bits per heavy atom. The summed E-state index contributed by atoms with van der Waals surface area (Å²) in [6.45, 7) is 3.69. The molecular formula is C17H28N4O2. The van der Waals surface area contributed by atoms with Crippen molar-refractivity contribution in [2.45, 2.75) is 25.4 Å². The van der Waals surface area contributed by atoms with Crippen molar-refractivity contribution in [3.05, 3.63) is 30.1 Å². The van der Waals surface area contributed by atoms with Crippen molar-refractivity contribution >= 4 is 6.03 Å². The van der Waals surface area contributed by atoms with Gasteiger partial charge in [0.2, 0.25) is 0 Å². The zero-order valence-corrected chi connectivity index (χ0v) is 14.2. The standard InChI is InChI=1S/C17H28N4O2/c1-20(2)11-12-21(14-16-4-3-13-23-16)17(22)19-10-7-15-5-8-18-9-6-15/h5-6,8-9,16H,3-4,7,10-14H2,1-2H3,(H,19,22). The van der Waals surface area contributed by atoms with E-state index >= 15 is 0 Å². The van der Waals surface area contributed by atoms with Gasteiger partial charge < -0.3 is 19.9 Å². The van der Waals surface area contributed by atoms with Crippen LogP contribution in [0.25, 0.3) is 0 Å². The average Bonchev–Trinajstić information content (AvgIpc) is 3.05. The van der Waals surface area contributed by atoms with Gasteiger partial charge in [0.05, 0.1) is 6.10 Å².